The molecule has 23 heavy (non-hydrogen) atoms. The molecule has 1 aromatic heterocycles. The average Bonchev–Trinajstić information content (AvgIpc) is 2.88. The number of aryl methyl sites for hydroxylation is 1. The highest BCUT2D eigenvalue weighted by Gasteiger charge is 2.08. The fraction of sp³-hybridized carbons (Fsp3) is 0.412. The van der Waals surface area contributed by atoms with E-state index in [-0.39, 0.29) is 0 Å². The fourth-order valence-electron chi connectivity index (χ4n) is 2.42. The number of rotatable bonds is 7. The fourth-order valence-corrected chi connectivity index (χ4v) is 2.42. The van der Waals surface area contributed by atoms with E-state index in [0.29, 0.717) is 5.95 Å². The first-order valence-electron chi connectivity index (χ1n) is 7.82. The molecular weight excluding hydrogens is 290 g/mol. The molecule has 6 heteroatoms. The van der Waals surface area contributed by atoms with Gasteiger partial charge in [-0.2, -0.15) is 5.10 Å². The van der Waals surface area contributed by atoms with Gasteiger partial charge in [-0.3, -0.25) is 4.90 Å². The van der Waals surface area contributed by atoms with Gasteiger partial charge in [0.15, 0.2) is 0 Å². The number of hydrogen-bond donors (Lipinski definition) is 1. The largest absolute Gasteiger partial charge is 0.496 e. The van der Waals surface area contributed by atoms with E-state index >= 15 is 0 Å². The quantitative estimate of drug-likeness (QED) is 0.797. The van der Waals surface area contributed by atoms with Crippen LogP contribution in [0.3, 0.4) is 0 Å². The topological polar surface area (TPSA) is 68.7 Å². The van der Waals surface area contributed by atoms with Gasteiger partial charge in [0.05, 0.1) is 25.2 Å². The van der Waals surface area contributed by atoms with Crippen molar-refractivity contribution < 1.29 is 4.74 Å². The second-order valence-electron chi connectivity index (χ2n) is 5.36. The van der Waals surface area contributed by atoms with Gasteiger partial charge in [-0.15, -0.1) is 0 Å². The Kier molecular flexibility index (Phi) is 5.76. The number of anilines is 1. The maximum absolute atomic E-state index is 5.79. The zero-order chi connectivity index (χ0) is 16.8. The standard InChI is InChI=1S/C17H25N5O/c1-5-21(6-2)12-15-9-14(7-8-16(15)23-4)10-19-22-11-13(3)20-17(22)18/h7-11H,5-6,12H2,1-4H3,(H2,18,20). The molecule has 2 N–H and O–H groups in total. The molecule has 0 bridgehead atoms. The normalized spacial score (nSPS) is 11.5. The summed E-state index contributed by atoms with van der Waals surface area (Å²) in [4.78, 5) is 6.47. The lowest BCUT2D eigenvalue weighted by atomic mass is 10.1. The van der Waals surface area contributed by atoms with Crippen molar-refractivity contribution in [1.82, 2.24) is 14.6 Å². The zero-order valence-corrected chi connectivity index (χ0v) is 14.3. The summed E-state index contributed by atoms with van der Waals surface area (Å²) in [5.74, 6) is 1.28. The van der Waals surface area contributed by atoms with E-state index in [0.717, 1.165) is 42.2 Å². The van der Waals surface area contributed by atoms with E-state index in [2.05, 4.69) is 34.9 Å². The van der Waals surface area contributed by atoms with Crippen LogP contribution in [0.4, 0.5) is 5.95 Å². The molecule has 0 saturated carbocycles. The number of nitrogens with zero attached hydrogens (tertiary/aromatic N) is 4. The summed E-state index contributed by atoms with van der Waals surface area (Å²) < 4.78 is 7.04. The van der Waals surface area contributed by atoms with Crippen LogP contribution >= 0.6 is 0 Å². The van der Waals surface area contributed by atoms with Gasteiger partial charge in [-0.05, 0) is 43.8 Å². The third kappa shape index (κ3) is 4.32. The molecular formula is C17H25N5O. The molecule has 6 nitrogen and oxygen atoms in total. The zero-order valence-electron chi connectivity index (χ0n) is 14.3. The van der Waals surface area contributed by atoms with Crippen molar-refractivity contribution in [3.05, 3.63) is 41.2 Å². The predicted octanol–water partition coefficient (Wildman–Crippen LogP) is 2.51. The molecule has 0 aliphatic heterocycles. The Morgan fingerprint density at radius 3 is 2.65 bits per heavy atom. The first-order chi connectivity index (χ1) is 11.1. The highest BCUT2D eigenvalue weighted by molar-refractivity contribution is 5.80. The molecule has 1 heterocycles. The van der Waals surface area contributed by atoms with Crippen LogP contribution in [0, 0.1) is 6.92 Å². The number of imidazole rings is 1. The summed E-state index contributed by atoms with van der Waals surface area (Å²) in [6.07, 6.45) is 3.58. The summed E-state index contributed by atoms with van der Waals surface area (Å²) in [6.45, 7) is 9.06. The second-order valence-corrected chi connectivity index (χ2v) is 5.36. The van der Waals surface area contributed by atoms with Crippen molar-refractivity contribution >= 4 is 12.2 Å². The Morgan fingerprint density at radius 1 is 1.35 bits per heavy atom. The lowest BCUT2D eigenvalue weighted by molar-refractivity contribution is 0.289. The molecule has 1 aromatic carbocycles. The van der Waals surface area contributed by atoms with Crippen LogP contribution in [-0.2, 0) is 6.54 Å². The Labute approximate surface area is 137 Å². The van der Waals surface area contributed by atoms with Gasteiger partial charge in [0.2, 0.25) is 5.95 Å². The van der Waals surface area contributed by atoms with E-state index in [9.17, 15) is 0 Å². The molecule has 0 atom stereocenters. The molecule has 0 aliphatic carbocycles. The molecule has 0 fully saturated rings. The van der Waals surface area contributed by atoms with Gasteiger partial charge in [0, 0.05) is 12.1 Å². The Bertz CT molecular complexity index is 674. The monoisotopic (exact) mass is 315 g/mol. The number of methoxy groups -OCH3 is 1. The van der Waals surface area contributed by atoms with Crippen molar-refractivity contribution in [3.63, 3.8) is 0 Å². The first kappa shape index (κ1) is 17.0. The lowest BCUT2D eigenvalue weighted by Gasteiger charge is -2.19. The molecule has 124 valence electrons. The molecule has 0 aliphatic rings. The maximum Gasteiger partial charge on any atom is 0.221 e. The molecule has 0 amide bonds. The lowest BCUT2D eigenvalue weighted by Crippen LogP contribution is -2.22. The van der Waals surface area contributed by atoms with Gasteiger partial charge in [0.1, 0.15) is 5.75 Å². The SMILES string of the molecule is CCN(CC)Cc1cc(C=Nn2cc(C)nc2N)ccc1OC. The van der Waals surface area contributed by atoms with Crippen LogP contribution in [0.25, 0.3) is 0 Å². The number of nitrogens with two attached hydrogens (primary N) is 1. The number of ether oxygens (including phenoxy) is 1. The summed E-state index contributed by atoms with van der Waals surface area (Å²) in [5, 5.41) is 4.36. The predicted molar refractivity (Wildman–Crippen MR) is 94.0 cm³/mol. The van der Waals surface area contributed by atoms with Crippen molar-refractivity contribution in [3.8, 4) is 5.75 Å². The number of nitrogen functional groups attached to an aromatic ring is 1. The van der Waals surface area contributed by atoms with Crippen LogP contribution in [0.1, 0.15) is 30.7 Å². The van der Waals surface area contributed by atoms with Crippen molar-refractivity contribution in [2.24, 2.45) is 5.10 Å². The van der Waals surface area contributed by atoms with Gasteiger partial charge in [-0.25, -0.2) is 9.66 Å². The number of benzene rings is 1. The highest BCUT2D eigenvalue weighted by atomic mass is 16.5. The summed E-state index contributed by atoms with van der Waals surface area (Å²) in [5.41, 5.74) is 8.79. The van der Waals surface area contributed by atoms with Gasteiger partial charge >= 0.3 is 0 Å². The molecule has 0 radical (unpaired) electrons. The van der Waals surface area contributed by atoms with Crippen molar-refractivity contribution in [2.75, 3.05) is 25.9 Å². The molecule has 0 unspecified atom stereocenters. The van der Waals surface area contributed by atoms with E-state index in [1.165, 1.54) is 0 Å². The number of aromatic nitrogens is 2. The minimum atomic E-state index is 0.385. The van der Waals surface area contributed by atoms with Crippen LogP contribution in [0.5, 0.6) is 5.75 Å². The van der Waals surface area contributed by atoms with Crippen molar-refractivity contribution in [1.29, 1.82) is 0 Å². The number of hydrogen-bond acceptors (Lipinski definition) is 5. The van der Waals surface area contributed by atoms with Gasteiger partial charge in [0.25, 0.3) is 0 Å². The molecule has 2 rings (SSSR count). The smallest absolute Gasteiger partial charge is 0.221 e. The highest BCUT2D eigenvalue weighted by Crippen LogP contribution is 2.21. The van der Waals surface area contributed by atoms with E-state index < -0.39 is 0 Å². The van der Waals surface area contributed by atoms with E-state index in [1.807, 2.05) is 19.1 Å². The first-order valence-corrected chi connectivity index (χ1v) is 7.82. The maximum atomic E-state index is 5.79. The molecule has 2 aromatic rings. The minimum Gasteiger partial charge on any atom is -0.496 e. The summed E-state index contributed by atoms with van der Waals surface area (Å²) in [6, 6.07) is 6.05. The van der Waals surface area contributed by atoms with E-state index in [1.54, 1.807) is 24.2 Å². The van der Waals surface area contributed by atoms with Gasteiger partial charge < -0.3 is 10.5 Å². The van der Waals surface area contributed by atoms with Crippen LogP contribution in [0.2, 0.25) is 0 Å². The van der Waals surface area contributed by atoms with Crippen LogP contribution in [0.15, 0.2) is 29.5 Å². The second kappa shape index (κ2) is 7.78. The van der Waals surface area contributed by atoms with Crippen LogP contribution in [-0.4, -0.2) is 41.0 Å². The Hall–Kier alpha value is -2.34. The molecule has 0 spiro atoms. The third-order valence-electron chi connectivity index (χ3n) is 3.76. The van der Waals surface area contributed by atoms with E-state index in [4.69, 9.17) is 10.5 Å². The third-order valence-corrected chi connectivity index (χ3v) is 3.76. The van der Waals surface area contributed by atoms with Gasteiger partial charge in [-0.1, -0.05) is 13.8 Å². The average molecular weight is 315 g/mol. The summed E-state index contributed by atoms with van der Waals surface area (Å²) >= 11 is 0. The minimum absolute atomic E-state index is 0.385. The Morgan fingerprint density at radius 2 is 2.09 bits per heavy atom. The van der Waals surface area contributed by atoms with Crippen molar-refractivity contribution in [2.45, 2.75) is 27.3 Å². The Balaban J connectivity index is 2.24. The summed E-state index contributed by atoms with van der Waals surface area (Å²) in [7, 11) is 1.70. The van der Waals surface area contributed by atoms with Crippen LogP contribution < -0.4 is 10.5 Å². The molecule has 0 saturated heterocycles.